The Morgan fingerprint density at radius 1 is 1.38 bits per heavy atom. The number of nitro benzene ring substituents is 1. The van der Waals surface area contributed by atoms with Gasteiger partial charge in [-0.15, -0.1) is 11.6 Å². The van der Waals surface area contributed by atoms with Gasteiger partial charge in [-0.2, -0.15) is 0 Å². The third-order valence-electron chi connectivity index (χ3n) is 3.59. The maximum Gasteiger partial charge on any atom is 0.294 e. The van der Waals surface area contributed by atoms with Crippen LogP contribution >= 0.6 is 11.6 Å². The largest absolute Gasteiger partial charge is 0.390 e. The summed E-state index contributed by atoms with van der Waals surface area (Å²) >= 11 is 5.52. The third-order valence-corrected chi connectivity index (χ3v) is 3.95. The molecule has 0 radical (unpaired) electrons. The lowest BCUT2D eigenvalue weighted by Crippen LogP contribution is -2.30. The highest BCUT2D eigenvalue weighted by molar-refractivity contribution is 6.18. The molecule has 1 aliphatic heterocycles. The number of nitrogens with one attached hydrogen (secondary N) is 1. The summed E-state index contributed by atoms with van der Waals surface area (Å²) in [5, 5.41) is 23.7. The van der Waals surface area contributed by atoms with Gasteiger partial charge in [0, 0.05) is 31.4 Å². The van der Waals surface area contributed by atoms with Crippen molar-refractivity contribution in [2.45, 2.75) is 25.4 Å². The van der Waals surface area contributed by atoms with Gasteiger partial charge in [-0.3, -0.25) is 10.1 Å². The van der Waals surface area contributed by atoms with Crippen LogP contribution in [0.1, 0.15) is 19.3 Å². The number of anilines is 2. The maximum atomic E-state index is 11.3. The smallest absolute Gasteiger partial charge is 0.294 e. The normalized spacial score (nSPS) is 16.6. The van der Waals surface area contributed by atoms with E-state index in [1.54, 1.807) is 12.1 Å². The number of alkyl halides is 1. The van der Waals surface area contributed by atoms with Crippen LogP contribution in [0.3, 0.4) is 0 Å². The fourth-order valence-corrected chi connectivity index (χ4v) is 2.58. The van der Waals surface area contributed by atoms with E-state index in [1.807, 2.05) is 0 Å². The quantitative estimate of drug-likeness (QED) is 0.479. The lowest BCUT2D eigenvalue weighted by molar-refractivity contribution is -0.384. The first kappa shape index (κ1) is 15.9. The van der Waals surface area contributed by atoms with Crippen molar-refractivity contribution in [2.24, 2.45) is 0 Å². The summed E-state index contributed by atoms with van der Waals surface area (Å²) in [5.41, 5.74) is 1.39. The van der Waals surface area contributed by atoms with E-state index < -0.39 is 6.10 Å². The minimum absolute atomic E-state index is 0.0993. The minimum atomic E-state index is -0.674. The molecule has 21 heavy (non-hydrogen) atoms. The molecule has 1 aliphatic rings. The minimum Gasteiger partial charge on any atom is -0.390 e. The summed E-state index contributed by atoms with van der Waals surface area (Å²) in [4.78, 5) is 13.0. The summed E-state index contributed by atoms with van der Waals surface area (Å²) in [6.45, 7) is 1.99. The number of aliphatic hydroxyl groups is 1. The number of nitro groups is 1. The Labute approximate surface area is 128 Å². The number of piperidine rings is 1. The van der Waals surface area contributed by atoms with Crippen molar-refractivity contribution in [3.05, 3.63) is 28.3 Å². The number of aliphatic hydroxyl groups excluding tert-OH is 1. The number of rotatable bonds is 6. The van der Waals surface area contributed by atoms with Gasteiger partial charge < -0.3 is 15.3 Å². The van der Waals surface area contributed by atoms with Crippen molar-refractivity contribution in [2.75, 3.05) is 35.7 Å². The van der Waals surface area contributed by atoms with E-state index in [0.29, 0.717) is 11.4 Å². The molecule has 1 atom stereocenters. The molecular formula is C14H20ClN3O3. The Hall–Kier alpha value is -1.53. The molecule has 7 heteroatoms. The van der Waals surface area contributed by atoms with Crippen LogP contribution in [0.5, 0.6) is 0 Å². The second-order valence-electron chi connectivity index (χ2n) is 5.20. The molecule has 1 aromatic rings. The SMILES string of the molecule is O=[N+]([O-])c1cc(NCC(O)CCl)ccc1N1CCCCC1. The van der Waals surface area contributed by atoms with Crippen molar-refractivity contribution in [1.82, 2.24) is 0 Å². The Balaban J connectivity index is 2.16. The Bertz CT molecular complexity index is 492. The molecular weight excluding hydrogens is 294 g/mol. The molecule has 0 saturated carbocycles. The zero-order valence-corrected chi connectivity index (χ0v) is 12.6. The summed E-state index contributed by atoms with van der Waals surface area (Å²) < 4.78 is 0. The average Bonchev–Trinajstić information content (AvgIpc) is 2.53. The molecule has 2 N–H and O–H groups in total. The third kappa shape index (κ3) is 4.22. The molecule has 0 bridgehead atoms. The zero-order chi connectivity index (χ0) is 15.2. The van der Waals surface area contributed by atoms with Gasteiger partial charge in [0.25, 0.3) is 5.69 Å². The van der Waals surface area contributed by atoms with Crippen LogP contribution in [-0.4, -0.2) is 41.6 Å². The predicted molar refractivity (Wildman–Crippen MR) is 84.4 cm³/mol. The predicted octanol–water partition coefficient (Wildman–Crippen LogP) is 2.60. The molecule has 2 rings (SSSR count). The molecule has 1 aromatic carbocycles. The van der Waals surface area contributed by atoms with Gasteiger partial charge >= 0.3 is 0 Å². The summed E-state index contributed by atoms with van der Waals surface area (Å²) in [6, 6.07) is 5.10. The van der Waals surface area contributed by atoms with Crippen molar-refractivity contribution in [1.29, 1.82) is 0 Å². The lowest BCUT2D eigenvalue weighted by Gasteiger charge is -2.28. The molecule has 0 aliphatic carbocycles. The van der Waals surface area contributed by atoms with Crippen LogP contribution in [0.2, 0.25) is 0 Å². The van der Waals surface area contributed by atoms with E-state index in [2.05, 4.69) is 10.2 Å². The number of hydrogen-bond acceptors (Lipinski definition) is 5. The highest BCUT2D eigenvalue weighted by atomic mass is 35.5. The van der Waals surface area contributed by atoms with Crippen LogP contribution in [0.15, 0.2) is 18.2 Å². The summed E-state index contributed by atoms with van der Waals surface area (Å²) in [7, 11) is 0. The van der Waals surface area contributed by atoms with Gasteiger partial charge in [0.2, 0.25) is 0 Å². The van der Waals surface area contributed by atoms with Gasteiger partial charge in [0.1, 0.15) is 5.69 Å². The highest BCUT2D eigenvalue weighted by Crippen LogP contribution is 2.32. The molecule has 116 valence electrons. The number of halogens is 1. The van der Waals surface area contributed by atoms with Gasteiger partial charge in [-0.05, 0) is 31.4 Å². The van der Waals surface area contributed by atoms with Crippen molar-refractivity contribution in [3.8, 4) is 0 Å². The molecule has 0 amide bonds. The van der Waals surface area contributed by atoms with Crippen molar-refractivity contribution < 1.29 is 10.0 Å². The van der Waals surface area contributed by atoms with E-state index >= 15 is 0 Å². The topological polar surface area (TPSA) is 78.6 Å². The fourth-order valence-electron chi connectivity index (χ4n) is 2.47. The van der Waals surface area contributed by atoms with E-state index in [4.69, 9.17) is 11.6 Å². The van der Waals surface area contributed by atoms with Crippen LogP contribution in [0, 0.1) is 10.1 Å². The molecule has 6 nitrogen and oxygen atoms in total. The van der Waals surface area contributed by atoms with Gasteiger partial charge in [-0.25, -0.2) is 0 Å². The van der Waals surface area contributed by atoms with Crippen LogP contribution in [-0.2, 0) is 0 Å². The number of nitrogens with zero attached hydrogens (tertiary/aromatic N) is 2. The maximum absolute atomic E-state index is 11.3. The van der Waals surface area contributed by atoms with Crippen molar-refractivity contribution >= 4 is 28.7 Å². The molecule has 0 aromatic heterocycles. The Kier molecular flexibility index (Phi) is 5.64. The Morgan fingerprint density at radius 2 is 2.10 bits per heavy atom. The average molecular weight is 314 g/mol. The monoisotopic (exact) mass is 313 g/mol. The first-order valence-electron chi connectivity index (χ1n) is 7.13. The molecule has 0 spiro atoms. The zero-order valence-electron chi connectivity index (χ0n) is 11.8. The second-order valence-corrected chi connectivity index (χ2v) is 5.51. The van der Waals surface area contributed by atoms with Gasteiger partial charge in [0.05, 0.1) is 16.9 Å². The van der Waals surface area contributed by atoms with E-state index in [1.165, 1.54) is 12.5 Å². The summed E-state index contributed by atoms with van der Waals surface area (Å²) in [5.74, 6) is 0.126. The van der Waals surface area contributed by atoms with Crippen LogP contribution in [0.25, 0.3) is 0 Å². The molecule has 1 saturated heterocycles. The number of hydrogen-bond donors (Lipinski definition) is 2. The molecule has 1 unspecified atom stereocenters. The fraction of sp³-hybridized carbons (Fsp3) is 0.571. The first-order valence-corrected chi connectivity index (χ1v) is 7.66. The van der Waals surface area contributed by atoms with Crippen molar-refractivity contribution in [3.63, 3.8) is 0 Å². The van der Waals surface area contributed by atoms with Gasteiger partial charge in [0.15, 0.2) is 0 Å². The highest BCUT2D eigenvalue weighted by Gasteiger charge is 2.21. The Morgan fingerprint density at radius 3 is 2.71 bits per heavy atom. The van der Waals surface area contributed by atoms with E-state index in [-0.39, 0.29) is 23.0 Å². The van der Waals surface area contributed by atoms with E-state index in [0.717, 1.165) is 25.9 Å². The lowest BCUT2D eigenvalue weighted by atomic mass is 10.1. The van der Waals surface area contributed by atoms with E-state index in [9.17, 15) is 15.2 Å². The molecule has 1 fully saturated rings. The molecule has 1 heterocycles. The number of benzene rings is 1. The van der Waals surface area contributed by atoms with Gasteiger partial charge in [-0.1, -0.05) is 0 Å². The second kappa shape index (κ2) is 7.47. The van der Waals surface area contributed by atoms with Crippen LogP contribution < -0.4 is 10.2 Å². The standard InChI is InChI=1S/C14H20ClN3O3/c15-9-12(19)10-16-11-4-5-13(14(8-11)18(20)21)17-6-2-1-3-7-17/h4-5,8,12,16,19H,1-3,6-7,9-10H2. The van der Waals surface area contributed by atoms with Crippen LogP contribution in [0.4, 0.5) is 17.1 Å². The summed E-state index contributed by atoms with van der Waals surface area (Å²) in [6.07, 6.45) is 2.64. The first-order chi connectivity index (χ1) is 10.1.